The highest BCUT2D eigenvalue weighted by atomic mass is 19.4. The lowest BCUT2D eigenvalue weighted by atomic mass is 10.1. The molecule has 2 N–H and O–H groups in total. The molecule has 0 radical (unpaired) electrons. The van der Waals surface area contributed by atoms with Crippen molar-refractivity contribution in [1.29, 1.82) is 0 Å². The summed E-state index contributed by atoms with van der Waals surface area (Å²) >= 11 is 0. The van der Waals surface area contributed by atoms with Crippen LogP contribution in [0.4, 0.5) is 29.2 Å². The standard InChI is InChI=1S/C22H19F4N5O3/c1-12-11-34-7-6-31(12)21-27-5-4-18(30-21)14-8-13(2-3-17(14)23)29-20(33)15-10-28-19(32)9-16(15)22(24,25)26/h2-5,8-10,12H,6-7,11H2,1H3,(H,28,32)(H,29,33)/t12-/m0/s1. The smallest absolute Gasteiger partial charge is 0.377 e. The Bertz CT molecular complexity index is 1280. The van der Waals surface area contributed by atoms with Gasteiger partial charge in [0.2, 0.25) is 11.5 Å². The molecule has 4 rings (SSSR count). The van der Waals surface area contributed by atoms with Crippen LogP contribution in [0, 0.1) is 5.82 Å². The summed E-state index contributed by atoms with van der Waals surface area (Å²) in [5.41, 5.74) is -2.85. The number of rotatable bonds is 4. The van der Waals surface area contributed by atoms with Crippen molar-refractivity contribution in [2.45, 2.75) is 19.1 Å². The number of amides is 1. The molecule has 1 amide bonds. The van der Waals surface area contributed by atoms with E-state index in [1.165, 1.54) is 24.4 Å². The first-order valence-electron chi connectivity index (χ1n) is 10.2. The lowest BCUT2D eigenvalue weighted by Gasteiger charge is -2.33. The van der Waals surface area contributed by atoms with Gasteiger partial charge >= 0.3 is 6.18 Å². The summed E-state index contributed by atoms with van der Waals surface area (Å²) in [6.07, 6.45) is -2.76. The molecular formula is C22H19F4N5O3. The van der Waals surface area contributed by atoms with E-state index >= 15 is 0 Å². The molecule has 34 heavy (non-hydrogen) atoms. The number of ether oxygens (including phenoxy) is 1. The Morgan fingerprint density at radius 1 is 1.26 bits per heavy atom. The number of nitrogens with zero attached hydrogens (tertiary/aromatic N) is 3. The predicted molar refractivity (Wildman–Crippen MR) is 115 cm³/mol. The Morgan fingerprint density at radius 2 is 2.06 bits per heavy atom. The number of anilines is 2. The second kappa shape index (κ2) is 9.21. The SMILES string of the molecule is C[C@H]1COCCN1c1nccc(-c2cc(NC(=O)c3c[nH]c(=O)cc3C(F)(F)F)ccc2F)n1. The first-order valence-corrected chi connectivity index (χ1v) is 10.2. The summed E-state index contributed by atoms with van der Waals surface area (Å²) in [7, 11) is 0. The molecule has 1 aliphatic heterocycles. The molecule has 3 heterocycles. The van der Waals surface area contributed by atoms with Gasteiger partial charge < -0.3 is 19.9 Å². The van der Waals surface area contributed by atoms with Crippen molar-refractivity contribution in [3.63, 3.8) is 0 Å². The summed E-state index contributed by atoms with van der Waals surface area (Å²) in [5.74, 6) is -1.38. The number of alkyl halides is 3. The van der Waals surface area contributed by atoms with Crippen LogP contribution in [0.3, 0.4) is 0 Å². The summed E-state index contributed by atoms with van der Waals surface area (Å²) in [5, 5.41) is 2.31. The average Bonchev–Trinajstić information content (AvgIpc) is 2.80. The molecule has 3 aromatic rings. The number of carbonyl (C=O) groups excluding carboxylic acids is 1. The number of pyridine rings is 1. The van der Waals surface area contributed by atoms with Crippen LogP contribution >= 0.6 is 0 Å². The van der Waals surface area contributed by atoms with Gasteiger partial charge in [0.15, 0.2) is 0 Å². The van der Waals surface area contributed by atoms with Crippen LogP contribution in [0.25, 0.3) is 11.3 Å². The van der Waals surface area contributed by atoms with E-state index in [9.17, 15) is 27.2 Å². The third-order valence-electron chi connectivity index (χ3n) is 5.24. The maximum absolute atomic E-state index is 14.6. The molecule has 178 valence electrons. The molecule has 0 unspecified atom stereocenters. The lowest BCUT2D eigenvalue weighted by molar-refractivity contribution is -0.138. The number of nitrogens with one attached hydrogen (secondary N) is 2. The molecular weight excluding hydrogens is 458 g/mol. The van der Waals surface area contributed by atoms with Gasteiger partial charge in [-0.25, -0.2) is 14.4 Å². The van der Waals surface area contributed by atoms with Crippen molar-refractivity contribution >= 4 is 17.5 Å². The minimum Gasteiger partial charge on any atom is -0.377 e. The van der Waals surface area contributed by atoms with E-state index in [1.54, 1.807) is 0 Å². The Morgan fingerprint density at radius 3 is 2.79 bits per heavy atom. The Hall–Kier alpha value is -3.80. The molecule has 0 aliphatic carbocycles. The summed E-state index contributed by atoms with van der Waals surface area (Å²) < 4.78 is 59.9. The second-order valence-electron chi connectivity index (χ2n) is 7.63. The monoisotopic (exact) mass is 477 g/mol. The van der Waals surface area contributed by atoms with Gasteiger partial charge in [0, 0.05) is 36.3 Å². The van der Waals surface area contributed by atoms with Crippen molar-refractivity contribution in [1.82, 2.24) is 15.0 Å². The number of halogens is 4. The van der Waals surface area contributed by atoms with Crippen LogP contribution in [0.1, 0.15) is 22.8 Å². The molecule has 1 fully saturated rings. The molecule has 1 aliphatic rings. The number of carbonyl (C=O) groups is 1. The zero-order chi connectivity index (χ0) is 24.5. The maximum atomic E-state index is 14.6. The number of hydrogen-bond acceptors (Lipinski definition) is 6. The van der Waals surface area contributed by atoms with E-state index in [4.69, 9.17) is 4.74 Å². The Kier molecular flexibility index (Phi) is 6.33. The summed E-state index contributed by atoms with van der Waals surface area (Å²) in [6.45, 7) is 3.49. The van der Waals surface area contributed by atoms with E-state index in [0.29, 0.717) is 38.0 Å². The second-order valence-corrected chi connectivity index (χ2v) is 7.63. The molecule has 0 spiro atoms. The number of H-pyrrole nitrogens is 1. The minimum absolute atomic E-state index is 0.0135. The van der Waals surface area contributed by atoms with Gasteiger partial charge in [-0.05, 0) is 31.2 Å². The van der Waals surface area contributed by atoms with E-state index in [1.807, 2.05) is 11.8 Å². The first-order chi connectivity index (χ1) is 16.1. The van der Waals surface area contributed by atoms with Crippen LogP contribution in [-0.4, -0.2) is 46.7 Å². The van der Waals surface area contributed by atoms with Gasteiger partial charge in [-0.15, -0.1) is 0 Å². The van der Waals surface area contributed by atoms with Crippen LogP contribution in [0.5, 0.6) is 0 Å². The molecule has 1 saturated heterocycles. The molecule has 2 aromatic heterocycles. The van der Waals surface area contributed by atoms with Crippen molar-refractivity contribution in [3.05, 3.63) is 70.0 Å². The number of aromatic amines is 1. The third kappa shape index (κ3) is 4.91. The van der Waals surface area contributed by atoms with Crippen molar-refractivity contribution < 1.29 is 27.1 Å². The van der Waals surface area contributed by atoms with Crippen molar-refractivity contribution in [2.24, 2.45) is 0 Å². The Labute approximate surface area is 190 Å². The van der Waals surface area contributed by atoms with E-state index in [-0.39, 0.29) is 23.0 Å². The number of aromatic nitrogens is 3. The van der Waals surface area contributed by atoms with Gasteiger partial charge in [-0.3, -0.25) is 9.59 Å². The maximum Gasteiger partial charge on any atom is 0.417 e. The first kappa shape index (κ1) is 23.4. The molecule has 1 aromatic carbocycles. The van der Waals surface area contributed by atoms with Gasteiger partial charge in [-0.1, -0.05) is 0 Å². The zero-order valence-electron chi connectivity index (χ0n) is 17.8. The van der Waals surface area contributed by atoms with Crippen LogP contribution in [0.2, 0.25) is 0 Å². The number of morpholine rings is 1. The Balaban J connectivity index is 1.64. The van der Waals surface area contributed by atoms with E-state index in [0.717, 1.165) is 6.07 Å². The largest absolute Gasteiger partial charge is 0.417 e. The highest BCUT2D eigenvalue weighted by molar-refractivity contribution is 6.05. The van der Waals surface area contributed by atoms with Crippen LogP contribution in [-0.2, 0) is 10.9 Å². The van der Waals surface area contributed by atoms with Crippen molar-refractivity contribution in [3.8, 4) is 11.3 Å². The molecule has 0 saturated carbocycles. The van der Waals surface area contributed by atoms with Gasteiger partial charge in [-0.2, -0.15) is 13.2 Å². The molecule has 8 nitrogen and oxygen atoms in total. The highest BCUT2D eigenvalue weighted by Gasteiger charge is 2.36. The summed E-state index contributed by atoms with van der Waals surface area (Å²) in [6, 6.07) is 5.35. The lowest BCUT2D eigenvalue weighted by Crippen LogP contribution is -2.44. The van der Waals surface area contributed by atoms with Gasteiger partial charge in [0.05, 0.1) is 36.1 Å². The average molecular weight is 477 g/mol. The predicted octanol–water partition coefficient (Wildman–Crippen LogP) is 3.47. The van der Waals surface area contributed by atoms with Gasteiger partial charge in [0.25, 0.3) is 5.91 Å². The highest BCUT2D eigenvalue weighted by Crippen LogP contribution is 2.32. The molecule has 12 heteroatoms. The van der Waals surface area contributed by atoms with Crippen LogP contribution < -0.4 is 15.8 Å². The van der Waals surface area contributed by atoms with Crippen molar-refractivity contribution in [2.75, 3.05) is 30.0 Å². The quantitative estimate of drug-likeness (QED) is 0.559. The fraction of sp³-hybridized carbons (Fsp3) is 0.273. The number of hydrogen-bond donors (Lipinski definition) is 2. The van der Waals surface area contributed by atoms with E-state index < -0.39 is 34.6 Å². The fourth-order valence-electron chi connectivity index (χ4n) is 3.55. The zero-order valence-corrected chi connectivity index (χ0v) is 17.8. The number of benzene rings is 1. The summed E-state index contributed by atoms with van der Waals surface area (Å²) in [4.78, 5) is 36.5. The van der Waals surface area contributed by atoms with Crippen LogP contribution in [0.15, 0.2) is 47.5 Å². The fourth-order valence-corrected chi connectivity index (χ4v) is 3.55. The topological polar surface area (TPSA) is 100 Å². The third-order valence-corrected chi connectivity index (χ3v) is 5.24. The molecule has 1 atom stereocenters. The molecule has 0 bridgehead atoms. The van der Waals surface area contributed by atoms with Gasteiger partial charge in [0.1, 0.15) is 5.82 Å². The minimum atomic E-state index is -4.91. The van der Waals surface area contributed by atoms with E-state index in [2.05, 4.69) is 20.3 Å². The normalized spacial score (nSPS) is 16.4.